The van der Waals surface area contributed by atoms with Gasteiger partial charge in [-0.25, -0.2) is 4.99 Å². The summed E-state index contributed by atoms with van der Waals surface area (Å²) in [6.45, 7) is 16.1. The molecule has 3 heterocycles. The van der Waals surface area contributed by atoms with Crippen LogP contribution in [0.2, 0.25) is 0 Å². The van der Waals surface area contributed by atoms with E-state index >= 15 is 0 Å². The van der Waals surface area contributed by atoms with E-state index in [1.54, 1.807) is 19.1 Å². The van der Waals surface area contributed by atoms with Crippen LogP contribution in [0.25, 0.3) is 0 Å². The maximum absolute atomic E-state index is 14.8. The number of amides is 5. The SMILES string of the molecule is CC[C@H](C)[C@@H]([C@@H](CC(=O)N1CCC[C@H]1[C@H](C)[C@@H](C)C(=O)C[C@@H](Cc1ccccc1)P(=O)(O)CC(C)=O)OC)N(C)C(=O)[C@@H](N=C(N(C)C)N1CCN(C(=O)CCCCCN2C(=O)C=CC2=O)CC1)C(C)C. The molecule has 17 nitrogen and oxygen atoms in total. The number of rotatable bonds is 26. The van der Waals surface area contributed by atoms with Crippen molar-refractivity contribution < 1.29 is 47.8 Å². The summed E-state index contributed by atoms with van der Waals surface area (Å²) in [5.41, 5.74) is -0.102. The van der Waals surface area contributed by atoms with E-state index in [1.807, 2.05) is 93.7 Å². The summed E-state index contributed by atoms with van der Waals surface area (Å²) < 4.78 is 19.7. The molecule has 0 aromatic heterocycles. The van der Waals surface area contributed by atoms with Gasteiger partial charge in [-0.3, -0.25) is 43.0 Å². The number of hydrogen-bond donors (Lipinski definition) is 1. The molecule has 396 valence electrons. The average molecular weight is 1010 g/mol. The van der Waals surface area contributed by atoms with E-state index in [1.165, 1.54) is 24.0 Å². The highest BCUT2D eigenvalue weighted by atomic mass is 31.2. The number of carbonyl (C=O) groups excluding carboxylic acids is 7. The highest BCUT2D eigenvalue weighted by Crippen LogP contribution is 2.49. The maximum Gasteiger partial charge on any atom is 0.253 e. The summed E-state index contributed by atoms with van der Waals surface area (Å²) in [4.78, 5) is 119. The number of nitrogens with zero attached hydrogens (tertiary/aromatic N) is 7. The molecule has 3 aliphatic rings. The van der Waals surface area contributed by atoms with Crippen LogP contribution in [0.3, 0.4) is 0 Å². The standard InChI is InChI=1S/C53H84N7O10P/c1-12-37(4)51(45(70-11)34-49(66)59-27-19-22-43(59)39(6)40(7)44(62)33-42(71(68,69)35-38(5)61)32-41-20-15-13-16-21-41)56(10)52(67)50(36(2)3)54-53(55(8)9)58-30-28-57(29-31-58)46(63)23-17-14-18-26-60-47(64)24-25-48(60)65/h13,15-16,20-21,24-25,36-37,39-40,42-43,45,50-51H,12,14,17-19,22-23,26-35H2,1-11H3,(H,68,69)/t37-,39+,40+,42+,43-,45+,50-,51-/m0/s1. The summed E-state index contributed by atoms with van der Waals surface area (Å²) in [6.07, 6.45) is 6.07. The van der Waals surface area contributed by atoms with E-state index in [2.05, 4.69) is 11.8 Å². The molecule has 4 rings (SSSR count). The van der Waals surface area contributed by atoms with Crippen molar-refractivity contribution >= 4 is 54.4 Å². The van der Waals surface area contributed by atoms with Crippen molar-refractivity contribution in [1.82, 2.24) is 29.4 Å². The highest BCUT2D eigenvalue weighted by molar-refractivity contribution is 7.59. The molecule has 0 bridgehead atoms. The van der Waals surface area contributed by atoms with Gasteiger partial charge in [0, 0.05) is 110 Å². The van der Waals surface area contributed by atoms with Crippen molar-refractivity contribution in [1.29, 1.82) is 0 Å². The molecule has 18 heteroatoms. The van der Waals surface area contributed by atoms with Crippen molar-refractivity contribution in [2.75, 3.05) is 73.7 Å². The normalized spacial score (nSPS) is 20.4. The molecule has 2 fully saturated rings. The number of unbranched alkanes of at least 4 members (excludes halogenated alkanes) is 2. The number of Topliss-reactive ketones (excluding diaryl/α,β-unsaturated/α-hetero) is 2. The molecule has 1 aromatic rings. The molecule has 1 unspecified atom stereocenters. The van der Waals surface area contributed by atoms with Gasteiger partial charge in [-0.2, -0.15) is 0 Å². The summed E-state index contributed by atoms with van der Waals surface area (Å²) in [6, 6.07) is 7.75. The van der Waals surface area contributed by atoms with Crippen LogP contribution in [0.5, 0.6) is 0 Å². The largest absolute Gasteiger partial charge is 0.379 e. The summed E-state index contributed by atoms with van der Waals surface area (Å²) >= 11 is 0. The van der Waals surface area contributed by atoms with Gasteiger partial charge in [-0.1, -0.05) is 84.7 Å². The van der Waals surface area contributed by atoms with Gasteiger partial charge in [0.15, 0.2) is 5.96 Å². The first-order chi connectivity index (χ1) is 33.5. The molecular weight excluding hydrogens is 926 g/mol. The Morgan fingerprint density at radius 2 is 1.48 bits per heavy atom. The zero-order valence-electron chi connectivity index (χ0n) is 44.5. The van der Waals surface area contributed by atoms with E-state index in [-0.39, 0.29) is 78.4 Å². The summed E-state index contributed by atoms with van der Waals surface area (Å²) in [7, 11) is 3.11. The number of methoxy groups -OCH3 is 1. The van der Waals surface area contributed by atoms with Crippen molar-refractivity contribution in [2.24, 2.45) is 28.7 Å². The summed E-state index contributed by atoms with van der Waals surface area (Å²) in [5, 5.41) is 0. The molecule has 0 spiro atoms. The second-order valence-corrected chi connectivity index (χ2v) is 23.3. The van der Waals surface area contributed by atoms with Crippen LogP contribution in [0.1, 0.15) is 112 Å². The van der Waals surface area contributed by atoms with Gasteiger partial charge in [0.05, 0.1) is 24.7 Å². The first-order valence-corrected chi connectivity index (χ1v) is 27.7. The first-order valence-electron chi connectivity index (χ1n) is 25.8. The zero-order valence-corrected chi connectivity index (χ0v) is 45.4. The van der Waals surface area contributed by atoms with Crippen molar-refractivity contribution in [3.63, 3.8) is 0 Å². The molecule has 1 N–H and O–H groups in total. The number of likely N-dealkylation sites (tertiary alicyclic amines) is 1. The monoisotopic (exact) mass is 1010 g/mol. The highest BCUT2D eigenvalue weighted by Gasteiger charge is 2.43. The van der Waals surface area contributed by atoms with Gasteiger partial charge in [0.2, 0.25) is 25.1 Å². The third kappa shape index (κ3) is 16.1. The predicted molar refractivity (Wildman–Crippen MR) is 276 cm³/mol. The van der Waals surface area contributed by atoms with Crippen LogP contribution in [-0.2, 0) is 49.3 Å². The molecule has 0 saturated carbocycles. The lowest BCUT2D eigenvalue weighted by molar-refractivity contribution is -0.144. The number of aliphatic imine (C=N–C) groups is 1. The Kier molecular flexibility index (Phi) is 22.7. The molecule has 0 aliphatic carbocycles. The fourth-order valence-corrected chi connectivity index (χ4v) is 12.3. The Balaban J connectivity index is 1.41. The van der Waals surface area contributed by atoms with Gasteiger partial charge in [-0.15, -0.1) is 0 Å². The lowest BCUT2D eigenvalue weighted by Gasteiger charge is -2.41. The molecule has 0 radical (unpaired) electrons. The minimum atomic E-state index is -4.02. The third-order valence-corrected chi connectivity index (χ3v) is 17.4. The number of benzene rings is 1. The van der Waals surface area contributed by atoms with E-state index in [0.29, 0.717) is 70.9 Å². The number of carbonyl (C=O) groups is 7. The molecule has 9 atom stereocenters. The summed E-state index contributed by atoms with van der Waals surface area (Å²) in [5.74, 6) is -1.78. The minimum Gasteiger partial charge on any atom is -0.379 e. The van der Waals surface area contributed by atoms with Crippen molar-refractivity contribution in [3.05, 3.63) is 48.0 Å². The average Bonchev–Trinajstić information content (AvgIpc) is 3.95. The topological polar surface area (TPSA) is 198 Å². The van der Waals surface area contributed by atoms with Gasteiger partial charge in [0.25, 0.3) is 11.8 Å². The van der Waals surface area contributed by atoms with Gasteiger partial charge in [-0.05, 0) is 62.3 Å². The molecule has 3 aliphatic heterocycles. The van der Waals surface area contributed by atoms with Crippen LogP contribution in [0, 0.1) is 23.7 Å². The second kappa shape index (κ2) is 27.4. The van der Waals surface area contributed by atoms with Crippen LogP contribution in [-0.4, -0.2) is 185 Å². The van der Waals surface area contributed by atoms with E-state index in [4.69, 9.17) is 9.73 Å². The minimum absolute atomic E-state index is 0.0203. The number of ether oxygens (including phenoxy) is 1. The Morgan fingerprint density at radius 1 is 0.859 bits per heavy atom. The predicted octanol–water partition coefficient (Wildman–Crippen LogP) is 5.53. The van der Waals surface area contributed by atoms with Gasteiger partial charge >= 0.3 is 0 Å². The number of ketones is 2. The Bertz CT molecular complexity index is 2090. The lowest BCUT2D eigenvalue weighted by Crippen LogP contribution is -2.56. The van der Waals surface area contributed by atoms with Gasteiger partial charge in [0.1, 0.15) is 17.6 Å². The molecular formula is C53H84N7O10P. The molecule has 1 aromatic carbocycles. The first kappa shape index (κ1) is 58.8. The number of guanidine groups is 1. The van der Waals surface area contributed by atoms with E-state index in [0.717, 1.165) is 24.8 Å². The smallest absolute Gasteiger partial charge is 0.253 e. The second-order valence-electron chi connectivity index (χ2n) is 20.7. The molecule has 2 saturated heterocycles. The van der Waals surface area contributed by atoms with Crippen LogP contribution >= 0.6 is 7.37 Å². The van der Waals surface area contributed by atoms with Crippen molar-refractivity contribution in [2.45, 2.75) is 143 Å². The number of piperazine rings is 1. The fourth-order valence-electron chi connectivity index (χ4n) is 10.4. The molecule has 5 amide bonds. The van der Waals surface area contributed by atoms with Crippen molar-refractivity contribution in [3.8, 4) is 0 Å². The zero-order chi connectivity index (χ0) is 52.7. The fraction of sp³-hybridized carbons (Fsp3) is 0.698. The van der Waals surface area contributed by atoms with Crippen LogP contribution < -0.4 is 0 Å². The number of likely N-dealkylation sites (N-methyl/N-ethyl adjacent to an activating group) is 1. The van der Waals surface area contributed by atoms with Crippen LogP contribution in [0.15, 0.2) is 47.5 Å². The quantitative estimate of drug-likeness (QED) is 0.0401. The van der Waals surface area contributed by atoms with Crippen LogP contribution in [0.4, 0.5) is 0 Å². The maximum atomic E-state index is 14.8. The van der Waals surface area contributed by atoms with E-state index in [9.17, 15) is 43.0 Å². The lowest BCUT2D eigenvalue weighted by atomic mass is 9.83. The number of imide groups is 1. The Morgan fingerprint density at radius 3 is 2.04 bits per heavy atom. The Labute approximate surface area is 423 Å². The van der Waals surface area contributed by atoms with E-state index < -0.39 is 49.1 Å². The Hall–Kier alpha value is -4.73. The van der Waals surface area contributed by atoms with Gasteiger partial charge < -0.3 is 34.1 Å². The molecule has 71 heavy (non-hydrogen) atoms. The number of hydrogen-bond acceptors (Lipinski definition) is 10. The third-order valence-electron chi connectivity index (χ3n) is 15.0.